The van der Waals surface area contributed by atoms with Gasteiger partial charge in [0.05, 0.1) is 12.0 Å². The second kappa shape index (κ2) is 6.83. The Balaban J connectivity index is 1.52. The second-order valence-corrected chi connectivity index (χ2v) is 6.97. The molecule has 3 fully saturated rings. The first-order valence-corrected chi connectivity index (χ1v) is 8.74. The SMILES string of the molecule is CCOC(=O)C12CCC(NC(=O)OCc3ccccc3)(CC1)CC2. The van der Waals surface area contributed by atoms with Gasteiger partial charge in [0, 0.05) is 5.54 Å². The normalized spacial score (nSPS) is 28.2. The van der Waals surface area contributed by atoms with Crippen LogP contribution in [0.4, 0.5) is 4.79 Å². The van der Waals surface area contributed by atoms with Crippen LogP contribution >= 0.6 is 0 Å². The smallest absolute Gasteiger partial charge is 0.407 e. The monoisotopic (exact) mass is 331 g/mol. The molecular formula is C19H25NO4. The van der Waals surface area contributed by atoms with Crippen molar-refractivity contribution in [3.63, 3.8) is 0 Å². The van der Waals surface area contributed by atoms with Gasteiger partial charge in [0.1, 0.15) is 6.61 Å². The van der Waals surface area contributed by atoms with Gasteiger partial charge in [-0.2, -0.15) is 0 Å². The molecule has 1 aromatic rings. The quantitative estimate of drug-likeness (QED) is 0.838. The van der Waals surface area contributed by atoms with Crippen molar-refractivity contribution in [2.45, 2.75) is 57.6 Å². The number of hydrogen-bond donors (Lipinski definition) is 1. The van der Waals surface area contributed by atoms with Crippen LogP contribution in [0.2, 0.25) is 0 Å². The van der Waals surface area contributed by atoms with E-state index in [1.807, 2.05) is 37.3 Å². The number of carbonyl (C=O) groups excluding carboxylic acids is 2. The lowest BCUT2D eigenvalue weighted by atomic mass is 9.57. The molecule has 0 radical (unpaired) electrons. The van der Waals surface area contributed by atoms with Gasteiger partial charge in [0.15, 0.2) is 0 Å². The molecule has 130 valence electrons. The van der Waals surface area contributed by atoms with E-state index in [1.165, 1.54) is 0 Å². The summed E-state index contributed by atoms with van der Waals surface area (Å²) >= 11 is 0. The van der Waals surface area contributed by atoms with E-state index in [2.05, 4.69) is 5.32 Å². The third-order valence-electron chi connectivity index (χ3n) is 5.53. The van der Waals surface area contributed by atoms with Gasteiger partial charge in [0.25, 0.3) is 0 Å². The van der Waals surface area contributed by atoms with Gasteiger partial charge < -0.3 is 14.8 Å². The van der Waals surface area contributed by atoms with Gasteiger partial charge in [0.2, 0.25) is 0 Å². The maximum atomic E-state index is 12.2. The molecule has 4 rings (SSSR count). The predicted octanol–water partition coefficient (Wildman–Crippen LogP) is 3.57. The van der Waals surface area contributed by atoms with Gasteiger partial charge in [-0.25, -0.2) is 4.79 Å². The maximum absolute atomic E-state index is 12.2. The summed E-state index contributed by atoms with van der Waals surface area (Å²) in [6.07, 6.45) is 4.41. The third kappa shape index (κ3) is 3.40. The Bertz CT molecular complexity index is 574. The van der Waals surface area contributed by atoms with Crippen LogP contribution < -0.4 is 5.32 Å². The zero-order chi connectivity index (χ0) is 17.0. The summed E-state index contributed by atoms with van der Waals surface area (Å²) in [6.45, 7) is 2.54. The average Bonchev–Trinajstić information content (AvgIpc) is 2.62. The number of carbonyl (C=O) groups is 2. The zero-order valence-electron chi connectivity index (χ0n) is 14.2. The molecule has 0 saturated heterocycles. The maximum Gasteiger partial charge on any atom is 0.407 e. The van der Waals surface area contributed by atoms with Crippen molar-refractivity contribution in [2.75, 3.05) is 6.61 Å². The highest BCUT2D eigenvalue weighted by molar-refractivity contribution is 5.77. The molecule has 5 nitrogen and oxygen atoms in total. The first-order valence-electron chi connectivity index (χ1n) is 8.74. The minimum Gasteiger partial charge on any atom is -0.466 e. The lowest BCUT2D eigenvalue weighted by Crippen LogP contribution is -2.58. The fourth-order valence-electron chi connectivity index (χ4n) is 3.94. The minimum atomic E-state index is -0.371. The molecule has 0 aromatic heterocycles. The Morgan fingerprint density at radius 3 is 2.21 bits per heavy atom. The number of amides is 1. The van der Waals surface area contributed by atoms with E-state index in [1.54, 1.807) is 0 Å². The number of fused-ring (bicyclic) bond motifs is 3. The van der Waals surface area contributed by atoms with Crippen LogP contribution in [-0.2, 0) is 20.9 Å². The molecule has 3 aliphatic carbocycles. The lowest BCUT2D eigenvalue weighted by molar-refractivity contribution is -0.163. The van der Waals surface area contributed by atoms with Gasteiger partial charge >= 0.3 is 12.1 Å². The van der Waals surface area contributed by atoms with Crippen LogP contribution in [-0.4, -0.2) is 24.2 Å². The summed E-state index contributed by atoms with van der Waals surface area (Å²) in [4.78, 5) is 24.4. The van der Waals surface area contributed by atoms with Gasteiger partial charge in [-0.3, -0.25) is 4.79 Å². The average molecular weight is 331 g/mol. The number of rotatable bonds is 5. The number of benzene rings is 1. The van der Waals surface area contributed by atoms with Crippen LogP contribution in [0, 0.1) is 5.41 Å². The third-order valence-corrected chi connectivity index (χ3v) is 5.53. The van der Waals surface area contributed by atoms with Crippen LogP contribution in [0.15, 0.2) is 30.3 Å². The molecule has 1 aromatic carbocycles. The molecule has 1 amide bonds. The Morgan fingerprint density at radius 2 is 1.62 bits per heavy atom. The van der Waals surface area contributed by atoms with E-state index in [4.69, 9.17) is 9.47 Å². The van der Waals surface area contributed by atoms with E-state index < -0.39 is 0 Å². The predicted molar refractivity (Wildman–Crippen MR) is 89.3 cm³/mol. The standard InChI is InChI=1S/C19H25NO4/c1-2-23-16(21)18-8-11-19(12-9-18,13-10-18)20-17(22)24-14-15-6-4-3-5-7-15/h3-7H,2,8-14H2,1H3,(H,20,22). The summed E-state index contributed by atoms with van der Waals surface area (Å²) in [6, 6.07) is 9.64. The van der Waals surface area contributed by atoms with E-state index in [0.717, 1.165) is 44.1 Å². The lowest BCUT2D eigenvalue weighted by Gasteiger charge is -2.51. The molecule has 24 heavy (non-hydrogen) atoms. The highest BCUT2D eigenvalue weighted by Gasteiger charge is 2.53. The van der Waals surface area contributed by atoms with Gasteiger partial charge in [-0.15, -0.1) is 0 Å². The second-order valence-electron chi connectivity index (χ2n) is 6.97. The number of ether oxygens (including phenoxy) is 2. The Kier molecular flexibility index (Phi) is 4.78. The van der Waals surface area contributed by atoms with E-state index in [-0.39, 0.29) is 29.6 Å². The summed E-state index contributed by atoms with van der Waals surface area (Å²) in [5.74, 6) is -0.0649. The molecule has 0 atom stereocenters. The van der Waals surface area contributed by atoms with Crippen molar-refractivity contribution in [2.24, 2.45) is 5.41 Å². The molecule has 3 aliphatic rings. The molecule has 3 saturated carbocycles. The Hall–Kier alpha value is -2.04. The highest BCUT2D eigenvalue weighted by Crippen LogP contribution is 2.52. The van der Waals surface area contributed by atoms with Crippen LogP contribution in [0.3, 0.4) is 0 Å². The first-order chi connectivity index (χ1) is 11.6. The number of esters is 1. The van der Waals surface area contributed by atoms with Crippen molar-refractivity contribution in [1.29, 1.82) is 0 Å². The number of nitrogens with one attached hydrogen (secondary N) is 1. The topological polar surface area (TPSA) is 64.6 Å². The molecule has 1 N–H and O–H groups in total. The van der Waals surface area contributed by atoms with Crippen molar-refractivity contribution in [1.82, 2.24) is 5.32 Å². The van der Waals surface area contributed by atoms with Crippen molar-refractivity contribution in [3.05, 3.63) is 35.9 Å². The molecule has 5 heteroatoms. The molecule has 0 aliphatic heterocycles. The van der Waals surface area contributed by atoms with Crippen LogP contribution in [0.5, 0.6) is 0 Å². The zero-order valence-corrected chi connectivity index (χ0v) is 14.2. The van der Waals surface area contributed by atoms with Crippen LogP contribution in [0.25, 0.3) is 0 Å². The van der Waals surface area contributed by atoms with Crippen molar-refractivity contribution in [3.8, 4) is 0 Å². The largest absolute Gasteiger partial charge is 0.466 e. The van der Waals surface area contributed by atoms with E-state index >= 15 is 0 Å². The number of hydrogen-bond acceptors (Lipinski definition) is 4. The van der Waals surface area contributed by atoms with E-state index in [0.29, 0.717) is 6.61 Å². The van der Waals surface area contributed by atoms with Crippen molar-refractivity contribution >= 4 is 12.1 Å². The van der Waals surface area contributed by atoms with Gasteiger partial charge in [-0.05, 0) is 51.0 Å². The summed E-state index contributed by atoms with van der Waals surface area (Å²) in [5.41, 5.74) is 0.425. The highest BCUT2D eigenvalue weighted by atomic mass is 16.5. The fraction of sp³-hybridized carbons (Fsp3) is 0.579. The molecule has 2 bridgehead atoms. The molecule has 0 unspecified atom stereocenters. The minimum absolute atomic E-state index is 0.0649. The molecular weight excluding hydrogens is 306 g/mol. The fourth-order valence-corrected chi connectivity index (χ4v) is 3.94. The first kappa shape index (κ1) is 16.8. The summed E-state index contributed by atoms with van der Waals surface area (Å²) in [5, 5.41) is 3.07. The van der Waals surface area contributed by atoms with Crippen LogP contribution in [0.1, 0.15) is 51.0 Å². The van der Waals surface area contributed by atoms with E-state index in [9.17, 15) is 9.59 Å². The van der Waals surface area contributed by atoms with Gasteiger partial charge in [-0.1, -0.05) is 30.3 Å². The molecule has 0 heterocycles. The van der Waals surface area contributed by atoms with Crippen molar-refractivity contribution < 1.29 is 19.1 Å². The Morgan fingerprint density at radius 1 is 1.00 bits per heavy atom. The summed E-state index contributed by atoms with van der Waals surface area (Å²) < 4.78 is 10.6. The summed E-state index contributed by atoms with van der Waals surface area (Å²) in [7, 11) is 0. The molecule has 0 spiro atoms. The number of alkyl carbamates (subject to hydrolysis) is 1. The Labute approximate surface area is 142 Å².